The third kappa shape index (κ3) is 4.26. The van der Waals surface area contributed by atoms with Gasteiger partial charge in [0.2, 0.25) is 0 Å². The molecular weight excluding hydrogens is 516 g/mol. The van der Waals surface area contributed by atoms with Crippen molar-refractivity contribution in [3.05, 3.63) is 83.1 Å². The van der Waals surface area contributed by atoms with Gasteiger partial charge in [0, 0.05) is 34.5 Å². The van der Waals surface area contributed by atoms with E-state index in [-0.39, 0.29) is 0 Å². The zero-order valence-corrected chi connectivity index (χ0v) is 23.0. The quantitative estimate of drug-likeness (QED) is 0.282. The molecule has 1 aliphatic heterocycles. The third-order valence-corrected chi connectivity index (χ3v) is 9.37. The molecule has 1 saturated carbocycles. The van der Waals surface area contributed by atoms with Gasteiger partial charge in [0.1, 0.15) is 11.8 Å². The van der Waals surface area contributed by atoms with E-state index >= 15 is 0 Å². The van der Waals surface area contributed by atoms with Gasteiger partial charge in [-0.15, -0.1) is 11.3 Å². The molecule has 2 N–H and O–H groups in total. The molecule has 2 fully saturated rings. The molecule has 0 radical (unpaired) electrons. The van der Waals surface area contributed by atoms with E-state index in [1.165, 1.54) is 55.7 Å². The molecule has 0 spiro atoms. The lowest BCUT2D eigenvalue weighted by atomic mass is 9.97. The first-order valence-electron chi connectivity index (χ1n) is 14.0. The number of fused-ring (bicyclic) bond motifs is 2. The monoisotopic (exact) mass is 546 g/mol. The summed E-state index contributed by atoms with van der Waals surface area (Å²) in [6.45, 7) is 3.11. The van der Waals surface area contributed by atoms with Gasteiger partial charge in [-0.05, 0) is 62.0 Å². The van der Waals surface area contributed by atoms with Crippen LogP contribution in [-0.2, 0) is 6.54 Å². The van der Waals surface area contributed by atoms with Crippen LogP contribution in [0.4, 0.5) is 5.82 Å². The number of nitrogen functional groups attached to an aromatic ring is 1. The fraction of sp³-hybridized carbons (Fsp3) is 0.290. The number of aromatic nitrogens is 6. The maximum absolute atomic E-state index is 6.44. The van der Waals surface area contributed by atoms with Crippen molar-refractivity contribution in [2.24, 2.45) is 0 Å². The summed E-state index contributed by atoms with van der Waals surface area (Å²) in [5.74, 6) is 0.987. The molecule has 40 heavy (non-hydrogen) atoms. The highest BCUT2D eigenvalue weighted by atomic mass is 32.1. The largest absolute Gasteiger partial charge is 0.382 e. The van der Waals surface area contributed by atoms with Gasteiger partial charge in [-0.3, -0.25) is 4.68 Å². The minimum Gasteiger partial charge on any atom is -0.382 e. The van der Waals surface area contributed by atoms with Gasteiger partial charge < -0.3 is 10.6 Å². The molecule has 0 atom stereocenters. The van der Waals surface area contributed by atoms with Gasteiger partial charge in [-0.1, -0.05) is 42.5 Å². The van der Waals surface area contributed by atoms with Crippen molar-refractivity contribution in [3.8, 4) is 22.5 Å². The summed E-state index contributed by atoms with van der Waals surface area (Å²) in [5.41, 5.74) is 13.3. The van der Waals surface area contributed by atoms with Crippen LogP contribution in [0.3, 0.4) is 0 Å². The van der Waals surface area contributed by atoms with Crippen molar-refractivity contribution in [2.45, 2.75) is 44.2 Å². The van der Waals surface area contributed by atoms with Crippen molar-refractivity contribution in [1.29, 1.82) is 0 Å². The van der Waals surface area contributed by atoms with Crippen LogP contribution in [0.2, 0.25) is 0 Å². The van der Waals surface area contributed by atoms with Crippen molar-refractivity contribution >= 4 is 33.6 Å². The fourth-order valence-electron chi connectivity index (χ4n) is 6.10. The SMILES string of the molecule is Nc1ncnn2c(-c3csc(C4CCN(C5CC5)CC4)n3)cc(-c3ccc4cn(Cc5ccccc5)nc4c3)c12. The van der Waals surface area contributed by atoms with E-state index in [9.17, 15) is 0 Å². The minimum absolute atomic E-state index is 0.453. The third-order valence-electron chi connectivity index (χ3n) is 8.36. The molecule has 8 nitrogen and oxygen atoms in total. The molecule has 0 amide bonds. The highest BCUT2D eigenvalue weighted by Gasteiger charge is 2.33. The van der Waals surface area contributed by atoms with E-state index in [0.29, 0.717) is 11.7 Å². The topological polar surface area (TPSA) is 90.2 Å². The number of thiazole rings is 1. The summed E-state index contributed by atoms with van der Waals surface area (Å²) >= 11 is 1.77. The van der Waals surface area contributed by atoms with E-state index in [4.69, 9.17) is 15.8 Å². The molecule has 8 rings (SSSR count). The number of piperidine rings is 1. The van der Waals surface area contributed by atoms with Gasteiger partial charge in [0.05, 0.1) is 28.5 Å². The van der Waals surface area contributed by atoms with E-state index in [2.05, 4.69) is 75.1 Å². The molecule has 1 aliphatic carbocycles. The lowest BCUT2D eigenvalue weighted by Gasteiger charge is -2.30. The first kappa shape index (κ1) is 23.8. The molecule has 6 aromatic rings. The van der Waals surface area contributed by atoms with Crippen LogP contribution in [0.1, 0.15) is 42.2 Å². The second-order valence-corrected chi connectivity index (χ2v) is 11.9. The smallest absolute Gasteiger partial charge is 0.152 e. The summed E-state index contributed by atoms with van der Waals surface area (Å²) in [4.78, 5) is 12.1. The zero-order valence-electron chi connectivity index (χ0n) is 22.1. The zero-order chi connectivity index (χ0) is 26.6. The molecule has 0 unspecified atom stereocenters. The van der Waals surface area contributed by atoms with Gasteiger partial charge >= 0.3 is 0 Å². The minimum atomic E-state index is 0.453. The molecule has 200 valence electrons. The van der Waals surface area contributed by atoms with E-state index in [0.717, 1.165) is 51.5 Å². The number of hydrogen-bond acceptors (Lipinski definition) is 7. The van der Waals surface area contributed by atoms with Crippen LogP contribution in [-0.4, -0.2) is 53.4 Å². The van der Waals surface area contributed by atoms with Crippen molar-refractivity contribution in [3.63, 3.8) is 0 Å². The summed E-state index contributed by atoms with van der Waals surface area (Å²) in [6, 6.07) is 19.8. The Morgan fingerprint density at radius 2 is 1.82 bits per heavy atom. The Morgan fingerprint density at radius 1 is 0.975 bits per heavy atom. The van der Waals surface area contributed by atoms with E-state index in [1.807, 2.05) is 15.3 Å². The van der Waals surface area contributed by atoms with Gasteiger partial charge in [0.25, 0.3) is 0 Å². The van der Waals surface area contributed by atoms with Crippen LogP contribution in [0, 0.1) is 0 Å². The first-order valence-corrected chi connectivity index (χ1v) is 14.9. The number of likely N-dealkylation sites (tertiary alicyclic amines) is 1. The molecule has 9 heteroatoms. The van der Waals surface area contributed by atoms with Crippen LogP contribution in [0.25, 0.3) is 38.9 Å². The maximum atomic E-state index is 6.44. The number of rotatable bonds is 6. The van der Waals surface area contributed by atoms with Gasteiger partial charge in [-0.2, -0.15) is 10.2 Å². The maximum Gasteiger partial charge on any atom is 0.152 e. The summed E-state index contributed by atoms with van der Waals surface area (Å²) in [6.07, 6.45) is 8.75. The lowest BCUT2D eigenvalue weighted by molar-refractivity contribution is 0.203. The predicted molar refractivity (Wildman–Crippen MR) is 159 cm³/mol. The molecule has 5 heterocycles. The number of anilines is 1. The van der Waals surface area contributed by atoms with Crippen molar-refractivity contribution in [2.75, 3.05) is 18.8 Å². The summed E-state index contributed by atoms with van der Waals surface area (Å²) < 4.78 is 3.89. The summed E-state index contributed by atoms with van der Waals surface area (Å²) in [5, 5.41) is 14.0. The molecule has 0 bridgehead atoms. The Bertz CT molecular complexity index is 1820. The molecule has 2 aliphatic rings. The van der Waals surface area contributed by atoms with Crippen molar-refractivity contribution < 1.29 is 0 Å². The predicted octanol–water partition coefficient (Wildman–Crippen LogP) is 5.84. The highest BCUT2D eigenvalue weighted by Crippen LogP contribution is 2.39. The van der Waals surface area contributed by atoms with Crippen molar-refractivity contribution in [1.82, 2.24) is 34.3 Å². The Hall–Kier alpha value is -4.08. The van der Waals surface area contributed by atoms with Crippen LogP contribution in [0.5, 0.6) is 0 Å². The van der Waals surface area contributed by atoms with Crippen LogP contribution < -0.4 is 5.73 Å². The Kier molecular flexibility index (Phi) is 5.67. The summed E-state index contributed by atoms with van der Waals surface area (Å²) in [7, 11) is 0. The molecule has 1 saturated heterocycles. The number of benzene rings is 2. The average molecular weight is 547 g/mol. The second-order valence-electron chi connectivity index (χ2n) is 11.0. The number of nitrogens with zero attached hydrogens (tertiary/aromatic N) is 7. The lowest BCUT2D eigenvalue weighted by Crippen LogP contribution is -2.34. The molecule has 4 aromatic heterocycles. The second kappa shape index (κ2) is 9.53. The molecular formula is C31H30N8S. The van der Waals surface area contributed by atoms with Crippen LogP contribution >= 0.6 is 11.3 Å². The van der Waals surface area contributed by atoms with Gasteiger partial charge in [0.15, 0.2) is 5.82 Å². The Morgan fingerprint density at radius 3 is 2.65 bits per heavy atom. The normalized spacial score (nSPS) is 16.8. The Balaban J connectivity index is 1.13. The number of hydrogen-bond donors (Lipinski definition) is 1. The first-order chi connectivity index (χ1) is 19.7. The van der Waals surface area contributed by atoms with E-state index in [1.54, 1.807) is 11.3 Å². The Labute approximate surface area is 236 Å². The standard InChI is InChI=1S/C31H30N8S/c32-30-29-25(22-6-7-23-17-38(36-26(23)14-22)16-20-4-2-1-3-5-20)15-28(39(29)34-19-33-30)27-18-40-31(35-27)21-10-12-37(13-11-21)24-8-9-24/h1-7,14-15,17-19,21,24H,8-13,16H2,(H2,32,33,34). The fourth-order valence-corrected chi connectivity index (χ4v) is 7.09. The van der Waals surface area contributed by atoms with E-state index < -0.39 is 0 Å². The van der Waals surface area contributed by atoms with Crippen LogP contribution in [0.15, 0.2) is 72.5 Å². The highest BCUT2D eigenvalue weighted by molar-refractivity contribution is 7.10. The van der Waals surface area contributed by atoms with Gasteiger partial charge in [-0.25, -0.2) is 14.5 Å². The number of nitrogens with two attached hydrogens (primary N) is 1. The molecule has 2 aromatic carbocycles. The average Bonchev–Trinajstić information content (AvgIpc) is 3.39.